The molecule has 0 saturated heterocycles. The summed E-state index contributed by atoms with van der Waals surface area (Å²) in [7, 11) is 1.89. The van der Waals surface area contributed by atoms with E-state index in [1.165, 1.54) is 0 Å². The Morgan fingerprint density at radius 2 is 1.74 bits per heavy atom. The maximum atomic E-state index is 13.7. The molecule has 0 fully saturated rings. The Morgan fingerprint density at radius 3 is 2.16 bits per heavy atom. The molecule has 1 unspecified atom stereocenters. The van der Waals surface area contributed by atoms with Gasteiger partial charge in [-0.15, -0.1) is 11.3 Å². The lowest BCUT2D eigenvalue weighted by atomic mass is 9.99. The van der Waals surface area contributed by atoms with Gasteiger partial charge in [0.1, 0.15) is 5.82 Å². The summed E-state index contributed by atoms with van der Waals surface area (Å²) in [5.74, 6) is -0.132. The number of hydrogen-bond acceptors (Lipinski definition) is 2. The number of benzene rings is 1. The predicted molar refractivity (Wildman–Crippen MR) is 80.8 cm³/mol. The Hall–Kier alpha value is -0.900. The summed E-state index contributed by atoms with van der Waals surface area (Å²) < 4.78 is 13.7. The Labute approximate surface area is 122 Å². The van der Waals surface area contributed by atoms with Gasteiger partial charge in [0, 0.05) is 4.88 Å². The van der Waals surface area contributed by atoms with Gasteiger partial charge in [0.05, 0.1) is 11.1 Å². The van der Waals surface area contributed by atoms with E-state index in [-0.39, 0.29) is 11.9 Å². The summed E-state index contributed by atoms with van der Waals surface area (Å²) in [4.78, 5) is 1.08. The number of aryl methyl sites for hydroxylation is 3. The summed E-state index contributed by atoms with van der Waals surface area (Å²) in [6, 6.07) is 3.77. The summed E-state index contributed by atoms with van der Waals surface area (Å²) in [5, 5.41) is 6.11. The molecule has 0 aliphatic rings. The highest BCUT2D eigenvalue weighted by Crippen LogP contribution is 2.36. The fourth-order valence-corrected chi connectivity index (χ4v) is 3.68. The van der Waals surface area contributed by atoms with Crippen LogP contribution < -0.4 is 5.32 Å². The first-order valence-corrected chi connectivity index (χ1v) is 7.38. The van der Waals surface area contributed by atoms with Crippen molar-refractivity contribution in [3.05, 3.63) is 55.5 Å². The van der Waals surface area contributed by atoms with E-state index in [2.05, 4.69) is 5.32 Å². The molecular weight excluding hydrogens is 281 g/mol. The molecular formula is C15H17ClFNS. The highest BCUT2D eigenvalue weighted by atomic mass is 35.5. The largest absolute Gasteiger partial charge is 0.309 e. The average Bonchev–Trinajstić information content (AvgIpc) is 2.69. The van der Waals surface area contributed by atoms with Gasteiger partial charge in [-0.1, -0.05) is 23.7 Å². The van der Waals surface area contributed by atoms with Crippen LogP contribution >= 0.6 is 22.9 Å². The first-order valence-electron chi connectivity index (χ1n) is 6.13. The van der Waals surface area contributed by atoms with Gasteiger partial charge in [0.25, 0.3) is 0 Å². The highest BCUT2D eigenvalue weighted by Gasteiger charge is 2.19. The van der Waals surface area contributed by atoms with E-state index < -0.39 is 0 Å². The number of hydrogen-bond donors (Lipinski definition) is 1. The van der Waals surface area contributed by atoms with Gasteiger partial charge in [-0.3, -0.25) is 0 Å². The first kappa shape index (κ1) is 14.5. The van der Waals surface area contributed by atoms with Gasteiger partial charge in [0.15, 0.2) is 0 Å². The molecule has 1 aromatic carbocycles. The van der Waals surface area contributed by atoms with E-state index in [0.29, 0.717) is 11.1 Å². The normalized spacial score (nSPS) is 12.7. The van der Waals surface area contributed by atoms with Crippen molar-refractivity contribution in [1.29, 1.82) is 0 Å². The first-order chi connectivity index (χ1) is 8.95. The molecule has 1 aromatic heterocycles. The summed E-state index contributed by atoms with van der Waals surface area (Å²) in [6.07, 6.45) is 0. The number of rotatable bonds is 3. The van der Waals surface area contributed by atoms with Crippen molar-refractivity contribution in [2.75, 3.05) is 7.05 Å². The van der Waals surface area contributed by atoms with Crippen LogP contribution in [0.3, 0.4) is 0 Å². The zero-order valence-corrected chi connectivity index (χ0v) is 13.0. The van der Waals surface area contributed by atoms with Gasteiger partial charge in [0.2, 0.25) is 0 Å². The Bertz CT molecular complexity index is 583. The van der Waals surface area contributed by atoms with Crippen molar-refractivity contribution in [3.8, 4) is 0 Å². The molecule has 19 heavy (non-hydrogen) atoms. The molecule has 1 heterocycles. The lowest BCUT2D eigenvalue weighted by Crippen LogP contribution is -2.17. The maximum Gasteiger partial charge on any atom is 0.129 e. The fraction of sp³-hybridized carbons (Fsp3) is 0.333. The smallest absolute Gasteiger partial charge is 0.129 e. The quantitative estimate of drug-likeness (QED) is 0.860. The van der Waals surface area contributed by atoms with Crippen LogP contribution in [0.2, 0.25) is 5.02 Å². The molecule has 1 atom stereocenters. The van der Waals surface area contributed by atoms with Crippen LogP contribution in [0.25, 0.3) is 0 Å². The predicted octanol–water partition coefficient (Wildman–Crippen LogP) is 4.77. The molecule has 0 amide bonds. The molecule has 2 aromatic rings. The molecule has 102 valence electrons. The third-order valence-electron chi connectivity index (χ3n) is 3.27. The van der Waals surface area contributed by atoms with Gasteiger partial charge >= 0.3 is 0 Å². The molecule has 1 nitrogen and oxygen atoms in total. The third-order valence-corrected chi connectivity index (χ3v) is 5.05. The van der Waals surface area contributed by atoms with E-state index in [0.717, 1.165) is 21.0 Å². The van der Waals surface area contributed by atoms with Gasteiger partial charge in [-0.25, -0.2) is 4.39 Å². The number of thiophene rings is 1. The van der Waals surface area contributed by atoms with E-state index in [1.807, 2.05) is 31.5 Å². The zero-order chi connectivity index (χ0) is 14.2. The highest BCUT2D eigenvalue weighted by molar-refractivity contribution is 7.10. The second-order valence-electron chi connectivity index (χ2n) is 4.79. The minimum Gasteiger partial charge on any atom is -0.309 e. The van der Waals surface area contributed by atoms with Crippen molar-refractivity contribution in [2.45, 2.75) is 26.8 Å². The monoisotopic (exact) mass is 297 g/mol. The Kier molecular flexibility index (Phi) is 4.29. The topological polar surface area (TPSA) is 12.0 Å². The van der Waals surface area contributed by atoms with Crippen LogP contribution in [-0.2, 0) is 0 Å². The van der Waals surface area contributed by atoms with E-state index in [9.17, 15) is 4.39 Å². The number of halogens is 2. The molecule has 1 N–H and O–H groups in total. The number of nitrogens with one attached hydrogen (secondary N) is 1. The summed E-state index contributed by atoms with van der Waals surface area (Å²) in [6.45, 7) is 5.58. The minimum atomic E-state index is -0.132. The SMILES string of the molecule is CNC(c1cc(C)c(F)c(C)c1)c1scc(C)c1Cl. The van der Waals surface area contributed by atoms with Gasteiger partial charge < -0.3 is 5.32 Å². The lowest BCUT2D eigenvalue weighted by molar-refractivity contribution is 0.605. The van der Waals surface area contributed by atoms with E-state index >= 15 is 0 Å². The van der Waals surface area contributed by atoms with Crippen LogP contribution in [-0.4, -0.2) is 7.05 Å². The van der Waals surface area contributed by atoms with E-state index in [4.69, 9.17) is 11.6 Å². The standard InChI is InChI=1S/C15H17ClFNS/c1-8-5-11(6-9(2)13(8)17)14(18-4)15-12(16)10(3)7-19-15/h5-7,14,18H,1-4H3. The van der Waals surface area contributed by atoms with Crippen LogP contribution in [0.4, 0.5) is 4.39 Å². The average molecular weight is 298 g/mol. The molecule has 4 heteroatoms. The zero-order valence-electron chi connectivity index (χ0n) is 11.5. The van der Waals surface area contributed by atoms with Crippen LogP contribution in [0.1, 0.15) is 33.2 Å². The van der Waals surface area contributed by atoms with Crippen LogP contribution in [0, 0.1) is 26.6 Å². The van der Waals surface area contributed by atoms with Crippen LogP contribution in [0.5, 0.6) is 0 Å². The van der Waals surface area contributed by atoms with Gasteiger partial charge in [-0.05, 0) is 55.5 Å². The summed E-state index contributed by atoms with van der Waals surface area (Å²) >= 11 is 7.97. The second kappa shape index (κ2) is 5.61. The maximum absolute atomic E-state index is 13.7. The molecule has 0 bridgehead atoms. The summed E-state index contributed by atoms with van der Waals surface area (Å²) in [5.41, 5.74) is 3.46. The molecule has 0 aliphatic heterocycles. The van der Waals surface area contributed by atoms with E-state index in [1.54, 1.807) is 25.2 Å². The van der Waals surface area contributed by atoms with Gasteiger partial charge in [-0.2, -0.15) is 0 Å². The van der Waals surface area contributed by atoms with Crippen molar-refractivity contribution in [1.82, 2.24) is 5.32 Å². The lowest BCUT2D eigenvalue weighted by Gasteiger charge is -2.18. The second-order valence-corrected chi connectivity index (χ2v) is 6.08. The molecule has 2 rings (SSSR count). The molecule has 0 spiro atoms. The Balaban J connectivity index is 2.51. The van der Waals surface area contributed by atoms with Crippen molar-refractivity contribution < 1.29 is 4.39 Å². The fourth-order valence-electron chi connectivity index (χ4n) is 2.24. The minimum absolute atomic E-state index is 0.00389. The third kappa shape index (κ3) is 2.69. The molecule has 0 radical (unpaired) electrons. The van der Waals surface area contributed by atoms with Crippen molar-refractivity contribution in [2.24, 2.45) is 0 Å². The Morgan fingerprint density at radius 1 is 1.16 bits per heavy atom. The molecule has 0 saturated carbocycles. The van der Waals surface area contributed by atoms with Crippen molar-refractivity contribution >= 4 is 22.9 Å². The van der Waals surface area contributed by atoms with Crippen LogP contribution in [0.15, 0.2) is 17.5 Å². The van der Waals surface area contributed by atoms with Crippen molar-refractivity contribution in [3.63, 3.8) is 0 Å². The molecule has 0 aliphatic carbocycles.